The van der Waals surface area contributed by atoms with Crippen molar-refractivity contribution in [2.24, 2.45) is 5.41 Å². The molecule has 1 aromatic carbocycles. The van der Waals surface area contributed by atoms with Gasteiger partial charge in [0.2, 0.25) is 0 Å². The molecule has 0 aliphatic carbocycles. The molecule has 1 aliphatic heterocycles. The van der Waals surface area contributed by atoms with E-state index in [1.54, 1.807) is 13.0 Å². The fourth-order valence-corrected chi connectivity index (χ4v) is 3.85. The maximum atomic E-state index is 13.8. The number of nitrogens with zero attached hydrogens (tertiary/aromatic N) is 1. The molecule has 0 N–H and O–H groups in total. The first-order chi connectivity index (χ1) is 14.9. The summed E-state index contributed by atoms with van der Waals surface area (Å²) in [4.78, 5) is 25.0. The predicted octanol–water partition coefficient (Wildman–Crippen LogP) is 5.00. The average Bonchev–Trinajstić information content (AvgIpc) is 2.71. The summed E-state index contributed by atoms with van der Waals surface area (Å²) in [7, 11) is 1.35. The number of hydrogen-bond donors (Lipinski definition) is 0. The molecule has 1 aromatic heterocycles. The second kappa shape index (κ2) is 8.41. The zero-order valence-electron chi connectivity index (χ0n) is 18.8. The molecule has 0 amide bonds. The lowest BCUT2D eigenvalue weighted by Gasteiger charge is -2.39. The van der Waals surface area contributed by atoms with Crippen molar-refractivity contribution in [3.8, 4) is 22.8 Å². The number of pyridine rings is 1. The molecule has 2 aromatic rings. The van der Waals surface area contributed by atoms with Gasteiger partial charge >= 0.3 is 12.1 Å². The van der Waals surface area contributed by atoms with Gasteiger partial charge in [-0.25, -0.2) is 4.79 Å². The lowest BCUT2D eigenvalue weighted by Crippen LogP contribution is -2.33. The molecule has 0 bridgehead atoms. The molecule has 0 spiro atoms. The van der Waals surface area contributed by atoms with Gasteiger partial charge in [0.05, 0.1) is 19.4 Å². The number of ether oxygens (including phenoxy) is 3. The van der Waals surface area contributed by atoms with Gasteiger partial charge in [-0.2, -0.15) is 8.78 Å². The second-order valence-electron chi connectivity index (χ2n) is 8.68. The summed E-state index contributed by atoms with van der Waals surface area (Å²) in [6.07, 6.45) is -1.16. The van der Waals surface area contributed by atoms with Crippen molar-refractivity contribution in [2.45, 2.75) is 46.3 Å². The zero-order valence-corrected chi connectivity index (χ0v) is 18.8. The molecule has 0 fully saturated rings. The second-order valence-corrected chi connectivity index (χ2v) is 8.68. The minimum atomic E-state index is -3.57. The number of halogens is 2. The maximum Gasteiger partial charge on any atom is 0.419 e. The summed E-state index contributed by atoms with van der Waals surface area (Å²) in [6.45, 7) is 11.0. The van der Waals surface area contributed by atoms with Crippen molar-refractivity contribution in [1.29, 1.82) is 0 Å². The van der Waals surface area contributed by atoms with E-state index in [0.29, 0.717) is 23.8 Å². The Kier molecular flexibility index (Phi) is 6.18. The Morgan fingerprint density at radius 1 is 1.25 bits per heavy atom. The molecule has 0 saturated heterocycles. The molecule has 1 aliphatic rings. The van der Waals surface area contributed by atoms with E-state index in [1.807, 2.05) is 25.3 Å². The van der Waals surface area contributed by atoms with Gasteiger partial charge in [0.15, 0.2) is 16.9 Å². The number of carbonyl (C=O) groups is 1. The van der Waals surface area contributed by atoms with E-state index < -0.39 is 17.5 Å². The van der Waals surface area contributed by atoms with E-state index >= 15 is 0 Å². The van der Waals surface area contributed by atoms with Crippen LogP contribution < -0.4 is 14.9 Å². The fraction of sp³-hybridized carbons (Fsp3) is 0.417. The summed E-state index contributed by atoms with van der Waals surface area (Å²) in [5.74, 6) is -0.713. The van der Waals surface area contributed by atoms with Gasteiger partial charge in [-0.15, -0.1) is 0 Å². The van der Waals surface area contributed by atoms with Crippen molar-refractivity contribution in [3.05, 3.63) is 58.4 Å². The third kappa shape index (κ3) is 4.40. The summed E-state index contributed by atoms with van der Waals surface area (Å²) >= 11 is 0. The van der Waals surface area contributed by atoms with Crippen LogP contribution in [0.4, 0.5) is 8.78 Å². The van der Waals surface area contributed by atoms with Crippen molar-refractivity contribution in [1.82, 2.24) is 4.57 Å². The van der Waals surface area contributed by atoms with Crippen LogP contribution in [0, 0.1) is 5.41 Å². The van der Waals surface area contributed by atoms with Crippen LogP contribution in [-0.4, -0.2) is 30.4 Å². The van der Waals surface area contributed by atoms with Crippen LogP contribution in [0.3, 0.4) is 0 Å². The highest BCUT2D eigenvalue weighted by Gasteiger charge is 2.35. The minimum Gasteiger partial charge on any atom is -0.493 e. The molecule has 2 heterocycles. The van der Waals surface area contributed by atoms with Crippen molar-refractivity contribution in [2.75, 3.05) is 13.7 Å². The van der Waals surface area contributed by atoms with Crippen LogP contribution in [0.5, 0.6) is 11.5 Å². The Labute approximate surface area is 185 Å². The number of fused-ring (bicyclic) bond motifs is 3. The van der Waals surface area contributed by atoms with E-state index in [1.165, 1.54) is 25.4 Å². The molecule has 8 heteroatoms. The number of hydrogen-bond acceptors (Lipinski definition) is 5. The van der Waals surface area contributed by atoms with Crippen LogP contribution in [0.15, 0.2) is 41.8 Å². The van der Waals surface area contributed by atoms with Crippen molar-refractivity contribution in [3.63, 3.8) is 0 Å². The highest BCUT2D eigenvalue weighted by molar-refractivity contribution is 5.89. The topological polar surface area (TPSA) is 66.8 Å². The number of rotatable bonds is 6. The quantitative estimate of drug-likeness (QED) is 0.461. The molecule has 6 nitrogen and oxygen atoms in total. The van der Waals surface area contributed by atoms with E-state index in [9.17, 15) is 18.4 Å². The van der Waals surface area contributed by atoms with Gasteiger partial charge in [-0.3, -0.25) is 4.79 Å². The Morgan fingerprint density at radius 3 is 2.50 bits per heavy atom. The molecule has 3 rings (SSSR count). The number of methoxy groups -OCH3 is 1. The van der Waals surface area contributed by atoms with Gasteiger partial charge in [-0.05, 0) is 36.5 Å². The third-order valence-corrected chi connectivity index (χ3v) is 5.47. The highest BCUT2D eigenvalue weighted by atomic mass is 19.3. The SMILES string of the molecule is C=CC(F)(F)Oc1cc2c(cc1OC)-c1cc(=O)c(C(=O)OCC)cn1C(C(C)(C)C)C2. The number of alkyl halides is 2. The maximum absolute atomic E-state index is 13.8. The summed E-state index contributed by atoms with van der Waals surface area (Å²) in [6, 6.07) is 4.29. The van der Waals surface area contributed by atoms with Crippen molar-refractivity contribution >= 4 is 5.97 Å². The molecule has 0 saturated carbocycles. The van der Waals surface area contributed by atoms with Crippen LogP contribution in [-0.2, 0) is 11.2 Å². The lowest BCUT2D eigenvalue weighted by atomic mass is 9.78. The number of benzene rings is 1. The van der Waals surface area contributed by atoms with E-state index in [2.05, 4.69) is 6.58 Å². The first-order valence-corrected chi connectivity index (χ1v) is 10.3. The predicted molar refractivity (Wildman–Crippen MR) is 117 cm³/mol. The standard InChI is InChI=1S/C24H27F2NO5/c1-7-24(25,26)32-20-9-14-10-21(23(3,4)5)27-13-16(22(29)31-8-2)18(28)12-17(27)15(14)11-19(20)30-6/h7,9,11-13,21H,1,8,10H2,2-6H3. The lowest BCUT2D eigenvalue weighted by molar-refractivity contribution is -0.132. The van der Waals surface area contributed by atoms with Crippen LogP contribution in [0.25, 0.3) is 11.3 Å². The molecular weight excluding hydrogens is 420 g/mol. The van der Waals surface area contributed by atoms with Crippen LogP contribution in [0.2, 0.25) is 0 Å². The van der Waals surface area contributed by atoms with Gasteiger partial charge in [0, 0.05) is 29.9 Å². The number of carbonyl (C=O) groups excluding carboxylic acids is 1. The smallest absolute Gasteiger partial charge is 0.419 e. The first kappa shape index (κ1) is 23.5. The Morgan fingerprint density at radius 2 is 1.94 bits per heavy atom. The Hall–Kier alpha value is -3.16. The number of aromatic nitrogens is 1. The molecule has 0 radical (unpaired) electrons. The molecular formula is C24H27F2NO5. The normalized spacial score (nSPS) is 15.4. The van der Waals surface area contributed by atoms with E-state index in [0.717, 1.165) is 5.56 Å². The van der Waals surface area contributed by atoms with Gasteiger partial charge in [-0.1, -0.05) is 27.4 Å². The summed E-state index contributed by atoms with van der Waals surface area (Å²) in [5.41, 5.74) is 1.12. The molecule has 1 atom stereocenters. The Bertz CT molecular complexity index is 1110. The largest absolute Gasteiger partial charge is 0.493 e. The van der Waals surface area contributed by atoms with Crippen molar-refractivity contribution < 1.29 is 27.8 Å². The molecule has 1 unspecified atom stereocenters. The summed E-state index contributed by atoms with van der Waals surface area (Å²) < 4.78 is 44.7. The van der Waals surface area contributed by atoms with E-state index in [4.69, 9.17) is 14.2 Å². The third-order valence-electron chi connectivity index (χ3n) is 5.47. The van der Waals surface area contributed by atoms with Gasteiger partial charge in [0.25, 0.3) is 0 Å². The highest BCUT2D eigenvalue weighted by Crippen LogP contribution is 2.46. The van der Waals surface area contributed by atoms with Gasteiger partial charge < -0.3 is 18.8 Å². The summed E-state index contributed by atoms with van der Waals surface area (Å²) in [5, 5.41) is 0. The molecule has 32 heavy (non-hydrogen) atoms. The monoisotopic (exact) mass is 447 g/mol. The fourth-order valence-electron chi connectivity index (χ4n) is 3.85. The van der Waals surface area contributed by atoms with Crippen LogP contribution in [0.1, 0.15) is 49.7 Å². The minimum absolute atomic E-state index is 0.0501. The average molecular weight is 447 g/mol. The van der Waals surface area contributed by atoms with Gasteiger partial charge in [0.1, 0.15) is 5.56 Å². The Balaban J connectivity index is 2.25. The van der Waals surface area contributed by atoms with E-state index in [-0.39, 0.29) is 35.1 Å². The first-order valence-electron chi connectivity index (χ1n) is 10.3. The zero-order chi connectivity index (χ0) is 23.8. The molecule has 172 valence electrons. The van der Waals surface area contributed by atoms with Crippen LogP contribution >= 0.6 is 0 Å². The number of esters is 1.